The van der Waals surface area contributed by atoms with Crippen LogP contribution in [-0.4, -0.2) is 25.2 Å². The third-order valence-electron chi connectivity index (χ3n) is 4.12. The zero-order chi connectivity index (χ0) is 10.3. The zero-order valence-electron chi connectivity index (χ0n) is 9.08. The normalized spacial score (nSPS) is 43.5. The van der Waals surface area contributed by atoms with E-state index in [1.165, 1.54) is 6.42 Å². The number of nitrogens with one attached hydrogen (secondary N) is 1. The Morgan fingerprint density at radius 3 is 2.67 bits per heavy atom. The van der Waals surface area contributed by atoms with Gasteiger partial charge in [-0.1, -0.05) is 0 Å². The molecule has 3 atom stereocenters. The van der Waals surface area contributed by atoms with E-state index in [2.05, 4.69) is 5.32 Å². The number of rotatable bonds is 2. The first-order chi connectivity index (χ1) is 7.33. The SMILES string of the molecule is O=C(NC1CCCOC1)C1CC2CC2C1. The molecule has 0 spiro atoms. The molecular weight excluding hydrogens is 190 g/mol. The van der Waals surface area contributed by atoms with E-state index in [9.17, 15) is 4.79 Å². The fraction of sp³-hybridized carbons (Fsp3) is 0.917. The second kappa shape index (κ2) is 3.78. The van der Waals surface area contributed by atoms with E-state index < -0.39 is 0 Å². The number of amides is 1. The minimum absolute atomic E-state index is 0.281. The van der Waals surface area contributed by atoms with Gasteiger partial charge in [-0.2, -0.15) is 0 Å². The average molecular weight is 209 g/mol. The van der Waals surface area contributed by atoms with Gasteiger partial charge in [0.2, 0.25) is 5.91 Å². The van der Waals surface area contributed by atoms with Gasteiger partial charge in [0.1, 0.15) is 0 Å². The van der Waals surface area contributed by atoms with E-state index in [4.69, 9.17) is 4.74 Å². The number of carbonyl (C=O) groups excluding carboxylic acids is 1. The van der Waals surface area contributed by atoms with Gasteiger partial charge in [0.25, 0.3) is 0 Å². The molecule has 1 heterocycles. The van der Waals surface area contributed by atoms with Crippen molar-refractivity contribution >= 4 is 5.91 Å². The predicted molar refractivity (Wildman–Crippen MR) is 56.3 cm³/mol. The smallest absolute Gasteiger partial charge is 0.223 e. The minimum atomic E-state index is 0.281. The summed E-state index contributed by atoms with van der Waals surface area (Å²) >= 11 is 0. The Kier molecular flexibility index (Phi) is 2.43. The second-order valence-electron chi connectivity index (χ2n) is 5.35. The van der Waals surface area contributed by atoms with Crippen molar-refractivity contribution in [2.45, 2.75) is 38.1 Å². The molecule has 15 heavy (non-hydrogen) atoms. The summed E-state index contributed by atoms with van der Waals surface area (Å²) in [7, 11) is 0. The number of carbonyl (C=O) groups is 1. The molecule has 84 valence electrons. The lowest BCUT2D eigenvalue weighted by atomic mass is 10.0. The van der Waals surface area contributed by atoms with Crippen molar-refractivity contribution in [1.82, 2.24) is 5.32 Å². The van der Waals surface area contributed by atoms with Gasteiger partial charge < -0.3 is 10.1 Å². The number of ether oxygens (including phenoxy) is 1. The average Bonchev–Trinajstić information content (AvgIpc) is 2.87. The Labute approximate surface area is 90.6 Å². The monoisotopic (exact) mass is 209 g/mol. The highest BCUT2D eigenvalue weighted by Crippen LogP contribution is 2.54. The standard InChI is InChI=1S/C12H19NO2/c14-12(10-5-8-4-9(8)6-10)13-11-2-1-3-15-7-11/h8-11H,1-7H2,(H,13,14). The van der Waals surface area contributed by atoms with Crippen LogP contribution in [0.25, 0.3) is 0 Å². The lowest BCUT2D eigenvalue weighted by Crippen LogP contribution is -2.43. The molecule has 1 aliphatic heterocycles. The summed E-state index contributed by atoms with van der Waals surface area (Å²) in [5, 5.41) is 3.14. The van der Waals surface area contributed by atoms with E-state index in [-0.39, 0.29) is 11.9 Å². The van der Waals surface area contributed by atoms with Crippen LogP contribution in [0.3, 0.4) is 0 Å². The second-order valence-corrected chi connectivity index (χ2v) is 5.35. The van der Waals surface area contributed by atoms with Crippen LogP contribution in [0.1, 0.15) is 32.1 Å². The third-order valence-corrected chi connectivity index (χ3v) is 4.12. The fourth-order valence-electron chi connectivity index (χ4n) is 3.10. The molecule has 3 heteroatoms. The fourth-order valence-corrected chi connectivity index (χ4v) is 3.10. The quantitative estimate of drug-likeness (QED) is 0.745. The molecule has 0 aromatic rings. The summed E-state index contributed by atoms with van der Waals surface area (Å²) in [5.74, 6) is 2.39. The third kappa shape index (κ3) is 2.03. The number of fused-ring (bicyclic) bond motifs is 1. The van der Waals surface area contributed by atoms with Crippen LogP contribution in [-0.2, 0) is 9.53 Å². The molecule has 1 saturated heterocycles. The molecule has 3 nitrogen and oxygen atoms in total. The van der Waals surface area contributed by atoms with Crippen LogP contribution in [0.15, 0.2) is 0 Å². The summed E-state index contributed by atoms with van der Waals surface area (Å²) < 4.78 is 5.36. The van der Waals surface area contributed by atoms with Crippen molar-refractivity contribution in [3.8, 4) is 0 Å². The Morgan fingerprint density at radius 1 is 1.20 bits per heavy atom. The van der Waals surface area contributed by atoms with Crippen molar-refractivity contribution in [1.29, 1.82) is 0 Å². The minimum Gasteiger partial charge on any atom is -0.379 e. The first-order valence-electron chi connectivity index (χ1n) is 6.21. The Hall–Kier alpha value is -0.570. The van der Waals surface area contributed by atoms with E-state index >= 15 is 0 Å². The van der Waals surface area contributed by atoms with Crippen molar-refractivity contribution in [3.63, 3.8) is 0 Å². The molecule has 1 amide bonds. The maximum Gasteiger partial charge on any atom is 0.223 e. The van der Waals surface area contributed by atoms with Gasteiger partial charge in [-0.25, -0.2) is 0 Å². The van der Waals surface area contributed by atoms with Crippen molar-refractivity contribution in [2.24, 2.45) is 17.8 Å². The molecule has 3 rings (SSSR count). The summed E-state index contributed by atoms with van der Waals surface area (Å²) in [6, 6.07) is 0.281. The highest BCUT2D eigenvalue weighted by atomic mass is 16.5. The molecule has 2 aliphatic carbocycles. The molecule has 0 aromatic heterocycles. The Bertz CT molecular complexity index is 250. The molecule has 3 unspecified atom stereocenters. The van der Waals surface area contributed by atoms with E-state index in [0.717, 1.165) is 44.1 Å². The van der Waals surface area contributed by atoms with Gasteiger partial charge >= 0.3 is 0 Å². The van der Waals surface area contributed by atoms with Crippen molar-refractivity contribution in [2.75, 3.05) is 13.2 Å². The Morgan fingerprint density at radius 2 is 2.00 bits per heavy atom. The van der Waals surface area contributed by atoms with Gasteiger partial charge in [0.15, 0.2) is 0 Å². The summed E-state index contributed by atoms with van der Waals surface area (Å²) in [6.45, 7) is 1.57. The summed E-state index contributed by atoms with van der Waals surface area (Å²) in [5.41, 5.74) is 0. The molecule has 3 aliphatic rings. The van der Waals surface area contributed by atoms with Gasteiger partial charge in [-0.15, -0.1) is 0 Å². The number of hydrogen-bond donors (Lipinski definition) is 1. The molecule has 0 radical (unpaired) electrons. The highest BCUT2D eigenvalue weighted by Gasteiger charge is 2.48. The zero-order valence-corrected chi connectivity index (χ0v) is 9.08. The Balaban J connectivity index is 1.47. The molecule has 0 bridgehead atoms. The molecular formula is C12H19NO2. The van der Waals surface area contributed by atoms with Crippen molar-refractivity contribution < 1.29 is 9.53 Å². The van der Waals surface area contributed by atoms with E-state index in [0.29, 0.717) is 12.5 Å². The molecule has 0 aromatic carbocycles. The van der Waals surface area contributed by atoms with E-state index in [1.807, 2.05) is 0 Å². The van der Waals surface area contributed by atoms with Crippen LogP contribution >= 0.6 is 0 Å². The first kappa shape index (κ1) is 9.64. The van der Waals surface area contributed by atoms with Crippen LogP contribution in [0.2, 0.25) is 0 Å². The lowest BCUT2D eigenvalue weighted by molar-refractivity contribution is -0.126. The van der Waals surface area contributed by atoms with Gasteiger partial charge in [-0.05, 0) is 43.9 Å². The lowest BCUT2D eigenvalue weighted by Gasteiger charge is -2.24. The van der Waals surface area contributed by atoms with Crippen LogP contribution in [0, 0.1) is 17.8 Å². The van der Waals surface area contributed by atoms with Crippen LogP contribution < -0.4 is 5.32 Å². The molecule has 3 fully saturated rings. The maximum absolute atomic E-state index is 11.9. The van der Waals surface area contributed by atoms with Gasteiger partial charge in [0, 0.05) is 12.5 Å². The highest BCUT2D eigenvalue weighted by molar-refractivity contribution is 5.79. The largest absolute Gasteiger partial charge is 0.379 e. The summed E-state index contributed by atoms with van der Waals surface area (Å²) in [6.07, 6.45) is 5.84. The maximum atomic E-state index is 11.9. The molecule has 1 N–H and O–H groups in total. The van der Waals surface area contributed by atoms with Gasteiger partial charge in [-0.3, -0.25) is 4.79 Å². The van der Waals surface area contributed by atoms with Crippen LogP contribution in [0.5, 0.6) is 0 Å². The number of hydrogen-bond acceptors (Lipinski definition) is 2. The topological polar surface area (TPSA) is 38.3 Å². The van der Waals surface area contributed by atoms with Crippen molar-refractivity contribution in [3.05, 3.63) is 0 Å². The summed E-state index contributed by atoms with van der Waals surface area (Å²) in [4.78, 5) is 11.9. The first-order valence-corrected chi connectivity index (χ1v) is 6.21. The van der Waals surface area contributed by atoms with Gasteiger partial charge in [0.05, 0.1) is 12.6 Å². The van der Waals surface area contributed by atoms with Crippen LogP contribution in [0.4, 0.5) is 0 Å². The predicted octanol–water partition coefficient (Wildman–Crippen LogP) is 1.33. The van der Waals surface area contributed by atoms with E-state index in [1.54, 1.807) is 0 Å². The molecule has 2 saturated carbocycles.